The first-order valence-electron chi connectivity index (χ1n) is 5.77. The van der Waals surface area contributed by atoms with Gasteiger partial charge in [0.2, 0.25) is 5.82 Å². The van der Waals surface area contributed by atoms with Crippen LogP contribution in [-0.4, -0.2) is 45.4 Å². The van der Waals surface area contributed by atoms with Crippen LogP contribution in [0.15, 0.2) is 18.2 Å². The summed E-state index contributed by atoms with van der Waals surface area (Å²) < 4.78 is 23.5. The Hall–Kier alpha value is -1.73. The maximum atomic E-state index is 13.6. The van der Waals surface area contributed by atoms with Gasteiger partial charge < -0.3 is 14.4 Å². The fraction of sp³-hybridized carbons (Fsp3) is 0.500. The molecular formula is C12H17FN2O4. The molecule has 0 radical (unpaired) electrons. The van der Waals surface area contributed by atoms with Crippen molar-refractivity contribution < 1.29 is 18.8 Å². The third-order valence-corrected chi connectivity index (χ3v) is 2.62. The van der Waals surface area contributed by atoms with Gasteiger partial charge in [-0.1, -0.05) is 6.07 Å². The Morgan fingerprint density at radius 3 is 2.32 bits per heavy atom. The Labute approximate surface area is 110 Å². The molecule has 7 heteroatoms. The number of nitro benzene ring substituents is 1. The summed E-state index contributed by atoms with van der Waals surface area (Å²) in [5.74, 6) is -0.845. The number of halogens is 1. The van der Waals surface area contributed by atoms with Gasteiger partial charge in [0.1, 0.15) is 5.69 Å². The van der Waals surface area contributed by atoms with Gasteiger partial charge in [-0.3, -0.25) is 10.1 Å². The molecule has 106 valence electrons. The highest BCUT2D eigenvalue weighted by molar-refractivity contribution is 5.63. The zero-order valence-corrected chi connectivity index (χ0v) is 11.0. The number of nitrogens with zero attached hydrogens (tertiary/aromatic N) is 2. The predicted octanol–water partition coefficient (Wildman–Crippen LogP) is 1.83. The average molecular weight is 272 g/mol. The molecule has 0 atom stereocenters. The van der Waals surface area contributed by atoms with Gasteiger partial charge in [0.05, 0.1) is 18.1 Å². The Morgan fingerprint density at radius 2 is 1.84 bits per heavy atom. The molecule has 6 nitrogen and oxygen atoms in total. The van der Waals surface area contributed by atoms with Gasteiger partial charge in [-0.25, -0.2) is 0 Å². The van der Waals surface area contributed by atoms with Crippen LogP contribution in [0.5, 0.6) is 0 Å². The quantitative estimate of drug-likeness (QED) is 0.533. The molecule has 0 aliphatic carbocycles. The highest BCUT2D eigenvalue weighted by Gasteiger charge is 2.23. The van der Waals surface area contributed by atoms with E-state index in [1.807, 2.05) is 0 Å². The van der Waals surface area contributed by atoms with E-state index in [9.17, 15) is 14.5 Å². The maximum absolute atomic E-state index is 13.6. The van der Waals surface area contributed by atoms with Gasteiger partial charge in [-0.05, 0) is 12.1 Å². The molecule has 0 saturated carbocycles. The van der Waals surface area contributed by atoms with E-state index in [-0.39, 0.29) is 5.69 Å². The Bertz CT molecular complexity index is 420. The highest BCUT2D eigenvalue weighted by atomic mass is 19.1. The average Bonchev–Trinajstić information content (AvgIpc) is 2.38. The van der Waals surface area contributed by atoms with Crippen LogP contribution in [0.25, 0.3) is 0 Å². The molecule has 19 heavy (non-hydrogen) atoms. The van der Waals surface area contributed by atoms with Crippen molar-refractivity contribution in [2.45, 2.75) is 0 Å². The lowest BCUT2D eigenvalue weighted by atomic mass is 10.2. The zero-order chi connectivity index (χ0) is 14.3. The minimum Gasteiger partial charge on any atom is -0.383 e. The first-order valence-corrected chi connectivity index (χ1v) is 5.77. The van der Waals surface area contributed by atoms with Gasteiger partial charge in [0.15, 0.2) is 0 Å². The van der Waals surface area contributed by atoms with E-state index >= 15 is 0 Å². The van der Waals surface area contributed by atoms with Crippen LogP contribution in [0, 0.1) is 15.9 Å². The first kappa shape index (κ1) is 15.3. The van der Waals surface area contributed by atoms with Crippen LogP contribution in [0.4, 0.5) is 15.8 Å². The van der Waals surface area contributed by atoms with Crippen LogP contribution >= 0.6 is 0 Å². The van der Waals surface area contributed by atoms with Crippen molar-refractivity contribution >= 4 is 11.4 Å². The molecule has 0 N–H and O–H groups in total. The standard InChI is InChI=1S/C12H17FN2O4/c1-18-8-6-14(7-9-19-2)11-5-3-4-10(13)12(11)15(16)17/h3-5H,6-9H2,1-2H3. The molecule has 0 unspecified atom stereocenters. The summed E-state index contributed by atoms with van der Waals surface area (Å²) in [6.45, 7) is 1.61. The number of methoxy groups -OCH3 is 2. The lowest BCUT2D eigenvalue weighted by molar-refractivity contribution is -0.386. The molecule has 0 amide bonds. The van der Waals surface area contributed by atoms with Crippen molar-refractivity contribution in [1.29, 1.82) is 0 Å². The smallest absolute Gasteiger partial charge is 0.327 e. The van der Waals surface area contributed by atoms with Crippen molar-refractivity contribution in [3.05, 3.63) is 34.1 Å². The normalized spacial score (nSPS) is 10.5. The van der Waals surface area contributed by atoms with Gasteiger partial charge in [0.25, 0.3) is 0 Å². The number of benzene rings is 1. The van der Waals surface area contributed by atoms with Crippen molar-refractivity contribution in [3.63, 3.8) is 0 Å². The van der Waals surface area contributed by atoms with E-state index < -0.39 is 16.4 Å². The van der Waals surface area contributed by atoms with Crippen molar-refractivity contribution in [1.82, 2.24) is 0 Å². The van der Waals surface area contributed by atoms with Crippen molar-refractivity contribution in [2.75, 3.05) is 45.4 Å². The molecule has 0 spiro atoms. The molecule has 0 aliphatic rings. The molecular weight excluding hydrogens is 255 g/mol. The molecule has 0 fully saturated rings. The number of nitro groups is 1. The maximum Gasteiger partial charge on any atom is 0.327 e. The summed E-state index contributed by atoms with van der Waals surface area (Å²) in [6, 6.07) is 4.04. The summed E-state index contributed by atoms with van der Waals surface area (Å²) >= 11 is 0. The number of hydrogen-bond donors (Lipinski definition) is 0. The molecule has 1 aromatic carbocycles. The zero-order valence-electron chi connectivity index (χ0n) is 11.0. The van der Waals surface area contributed by atoms with E-state index in [1.54, 1.807) is 4.90 Å². The van der Waals surface area contributed by atoms with E-state index in [0.717, 1.165) is 6.07 Å². The van der Waals surface area contributed by atoms with Crippen LogP contribution in [0.3, 0.4) is 0 Å². The number of hydrogen-bond acceptors (Lipinski definition) is 5. The molecule has 0 saturated heterocycles. The second kappa shape index (κ2) is 7.65. The minimum atomic E-state index is -0.845. The Balaban J connectivity index is 3.06. The van der Waals surface area contributed by atoms with Crippen LogP contribution in [-0.2, 0) is 9.47 Å². The molecule has 1 aromatic rings. The van der Waals surface area contributed by atoms with E-state index in [0.29, 0.717) is 26.3 Å². The molecule has 0 heterocycles. The van der Waals surface area contributed by atoms with Crippen molar-refractivity contribution in [3.8, 4) is 0 Å². The Morgan fingerprint density at radius 1 is 1.26 bits per heavy atom. The monoisotopic (exact) mass is 272 g/mol. The number of anilines is 1. The lowest BCUT2D eigenvalue weighted by Gasteiger charge is -2.23. The van der Waals surface area contributed by atoms with E-state index in [4.69, 9.17) is 9.47 Å². The second-order valence-electron chi connectivity index (χ2n) is 3.84. The van der Waals surface area contributed by atoms with E-state index in [2.05, 4.69) is 0 Å². The fourth-order valence-corrected chi connectivity index (χ4v) is 1.70. The largest absolute Gasteiger partial charge is 0.383 e. The number of para-hydroxylation sites is 1. The summed E-state index contributed by atoms with van der Waals surface area (Å²) in [6.07, 6.45) is 0. The second-order valence-corrected chi connectivity index (χ2v) is 3.84. The summed E-state index contributed by atoms with van der Waals surface area (Å²) in [5.41, 5.74) is -0.284. The van der Waals surface area contributed by atoms with Gasteiger partial charge in [-0.2, -0.15) is 4.39 Å². The lowest BCUT2D eigenvalue weighted by Crippen LogP contribution is -2.31. The molecule has 0 aromatic heterocycles. The summed E-state index contributed by atoms with van der Waals surface area (Å²) in [4.78, 5) is 11.9. The third-order valence-electron chi connectivity index (χ3n) is 2.62. The molecule has 0 aliphatic heterocycles. The fourth-order valence-electron chi connectivity index (χ4n) is 1.70. The Kier molecular flexibility index (Phi) is 6.17. The van der Waals surface area contributed by atoms with Crippen molar-refractivity contribution in [2.24, 2.45) is 0 Å². The minimum absolute atomic E-state index is 0.235. The molecule has 0 bridgehead atoms. The summed E-state index contributed by atoms with van der Waals surface area (Å²) in [5, 5.41) is 11.0. The van der Waals surface area contributed by atoms with Gasteiger partial charge >= 0.3 is 5.69 Å². The predicted molar refractivity (Wildman–Crippen MR) is 69.0 cm³/mol. The van der Waals surface area contributed by atoms with Crippen LogP contribution in [0.1, 0.15) is 0 Å². The van der Waals surface area contributed by atoms with E-state index in [1.165, 1.54) is 26.4 Å². The van der Waals surface area contributed by atoms with Gasteiger partial charge in [0, 0.05) is 27.3 Å². The SMILES string of the molecule is COCCN(CCOC)c1cccc(F)c1[N+](=O)[O-]. The number of ether oxygens (including phenoxy) is 2. The van der Waals surface area contributed by atoms with Crippen LogP contribution in [0.2, 0.25) is 0 Å². The highest BCUT2D eigenvalue weighted by Crippen LogP contribution is 2.30. The number of rotatable bonds is 8. The topological polar surface area (TPSA) is 64.8 Å². The third kappa shape index (κ3) is 4.15. The first-order chi connectivity index (χ1) is 9.11. The summed E-state index contributed by atoms with van der Waals surface area (Å²) in [7, 11) is 3.07. The van der Waals surface area contributed by atoms with Gasteiger partial charge in [-0.15, -0.1) is 0 Å². The van der Waals surface area contributed by atoms with Crippen LogP contribution < -0.4 is 4.90 Å². The molecule has 1 rings (SSSR count).